The summed E-state index contributed by atoms with van der Waals surface area (Å²) in [5.74, 6) is 0. The second-order valence-corrected chi connectivity index (χ2v) is 7.02. The lowest BCUT2D eigenvalue weighted by Gasteiger charge is -2.53. The summed E-state index contributed by atoms with van der Waals surface area (Å²) < 4.78 is 11.6. The van der Waals surface area contributed by atoms with E-state index in [0.717, 1.165) is 32.5 Å². The molecule has 1 N–H and O–H groups in total. The van der Waals surface area contributed by atoms with E-state index in [1.165, 1.54) is 0 Å². The fraction of sp³-hybridized carbons (Fsp3) is 1.00. The van der Waals surface area contributed by atoms with E-state index in [2.05, 4.69) is 39.9 Å². The van der Waals surface area contributed by atoms with Crippen LogP contribution in [-0.2, 0) is 9.47 Å². The van der Waals surface area contributed by atoms with E-state index >= 15 is 0 Å². The Morgan fingerprint density at radius 2 is 2.00 bits per heavy atom. The van der Waals surface area contributed by atoms with Crippen molar-refractivity contribution in [1.82, 2.24) is 5.32 Å². The van der Waals surface area contributed by atoms with Gasteiger partial charge in [-0.2, -0.15) is 0 Å². The summed E-state index contributed by atoms with van der Waals surface area (Å²) in [6, 6.07) is 1.19. The Balaban J connectivity index is 1.84. The SMILES string of the molecule is CCOC1CC(NC2CCOC(C)(C)C2)C1(C)C. The minimum absolute atomic E-state index is 0.0309. The topological polar surface area (TPSA) is 30.5 Å². The second kappa shape index (κ2) is 5.10. The monoisotopic (exact) mass is 255 g/mol. The Morgan fingerprint density at radius 3 is 2.56 bits per heavy atom. The van der Waals surface area contributed by atoms with Crippen LogP contribution in [0.3, 0.4) is 0 Å². The van der Waals surface area contributed by atoms with Crippen molar-refractivity contribution in [2.24, 2.45) is 5.41 Å². The van der Waals surface area contributed by atoms with E-state index in [0.29, 0.717) is 18.2 Å². The van der Waals surface area contributed by atoms with E-state index in [9.17, 15) is 0 Å². The summed E-state index contributed by atoms with van der Waals surface area (Å²) in [5, 5.41) is 3.83. The molecule has 0 amide bonds. The lowest BCUT2D eigenvalue weighted by atomic mass is 9.64. The third-order valence-corrected chi connectivity index (χ3v) is 4.68. The van der Waals surface area contributed by atoms with Gasteiger partial charge in [-0.1, -0.05) is 13.8 Å². The zero-order valence-electron chi connectivity index (χ0n) is 12.6. The average Bonchev–Trinajstić information content (AvgIpc) is 2.26. The molecule has 1 aliphatic heterocycles. The van der Waals surface area contributed by atoms with Gasteiger partial charge in [0.15, 0.2) is 0 Å². The van der Waals surface area contributed by atoms with Gasteiger partial charge in [-0.25, -0.2) is 0 Å². The smallest absolute Gasteiger partial charge is 0.0655 e. The molecule has 1 heterocycles. The van der Waals surface area contributed by atoms with Crippen LogP contribution < -0.4 is 5.32 Å². The Kier molecular flexibility index (Phi) is 4.05. The molecule has 1 saturated heterocycles. The van der Waals surface area contributed by atoms with Crippen LogP contribution >= 0.6 is 0 Å². The van der Waals surface area contributed by atoms with Crippen molar-refractivity contribution in [3.63, 3.8) is 0 Å². The fourth-order valence-corrected chi connectivity index (χ4v) is 3.31. The fourth-order valence-electron chi connectivity index (χ4n) is 3.31. The van der Waals surface area contributed by atoms with Crippen LogP contribution in [0.5, 0.6) is 0 Å². The molecule has 106 valence electrons. The average molecular weight is 255 g/mol. The van der Waals surface area contributed by atoms with Gasteiger partial charge in [-0.05, 0) is 40.0 Å². The van der Waals surface area contributed by atoms with Gasteiger partial charge >= 0.3 is 0 Å². The van der Waals surface area contributed by atoms with Crippen molar-refractivity contribution in [3.8, 4) is 0 Å². The molecule has 0 aromatic heterocycles. The van der Waals surface area contributed by atoms with Crippen molar-refractivity contribution in [2.75, 3.05) is 13.2 Å². The molecule has 0 aromatic rings. The molecule has 0 bridgehead atoms. The standard InChI is InChI=1S/C15H29NO2/c1-6-17-13-9-12(15(13,4)5)16-11-7-8-18-14(2,3)10-11/h11-13,16H,6-10H2,1-5H3. The van der Waals surface area contributed by atoms with E-state index in [1.807, 2.05) is 0 Å². The van der Waals surface area contributed by atoms with Crippen LogP contribution in [0.1, 0.15) is 53.9 Å². The minimum atomic E-state index is 0.0309. The first-order valence-electron chi connectivity index (χ1n) is 7.37. The van der Waals surface area contributed by atoms with Crippen molar-refractivity contribution in [1.29, 1.82) is 0 Å². The highest BCUT2D eigenvalue weighted by atomic mass is 16.5. The van der Waals surface area contributed by atoms with Crippen molar-refractivity contribution < 1.29 is 9.47 Å². The second-order valence-electron chi connectivity index (χ2n) is 7.02. The maximum Gasteiger partial charge on any atom is 0.0655 e. The highest BCUT2D eigenvalue weighted by Gasteiger charge is 2.49. The first-order valence-corrected chi connectivity index (χ1v) is 7.37. The highest BCUT2D eigenvalue weighted by molar-refractivity contribution is 5.04. The summed E-state index contributed by atoms with van der Waals surface area (Å²) >= 11 is 0. The van der Waals surface area contributed by atoms with Gasteiger partial charge in [-0.3, -0.25) is 0 Å². The molecule has 3 nitrogen and oxygen atoms in total. The molecule has 3 atom stereocenters. The van der Waals surface area contributed by atoms with E-state index < -0.39 is 0 Å². The Bertz CT molecular complexity index is 288. The molecule has 0 aromatic carbocycles. The normalized spacial score (nSPS) is 38.2. The maximum atomic E-state index is 5.79. The lowest BCUT2D eigenvalue weighted by Crippen LogP contribution is -2.63. The largest absolute Gasteiger partial charge is 0.378 e. The van der Waals surface area contributed by atoms with Crippen molar-refractivity contribution in [3.05, 3.63) is 0 Å². The maximum absolute atomic E-state index is 5.79. The first-order chi connectivity index (χ1) is 8.35. The van der Waals surface area contributed by atoms with Gasteiger partial charge < -0.3 is 14.8 Å². The molecule has 3 heteroatoms. The minimum Gasteiger partial charge on any atom is -0.378 e. The van der Waals surface area contributed by atoms with Crippen molar-refractivity contribution in [2.45, 2.75) is 77.7 Å². The van der Waals surface area contributed by atoms with Crippen LogP contribution in [0.4, 0.5) is 0 Å². The number of ether oxygens (including phenoxy) is 2. The van der Waals surface area contributed by atoms with Crippen LogP contribution in [0.2, 0.25) is 0 Å². The van der Waals surface area contributed by atoms with Crippen LogP contribution in [0, 0.1) is 5.41 Å². The molecule has 3 unspecified atom stereocenters. The molecular weight excluding hydrogens is 226 g/mol. The van der Waals surface area contributed by atoms with Crippen LogP contribution in [0.25, 0.3) is 0 Å². The summed E-state index contributed by atoms with van der Waals surface area (Å²) in [5.41, 5.74) is 0.293. The zero-order valence-corrected chi connectivity index (χ0v) is 12.6. The number of nitrogens with one attached hydrogen (secondary N) is 1. The van der Waals surface area contributed by atoms with E-state index in [1.54, 1.807) is 0 Å². The zero-order chi connectivity index (χ0) is 13.4. The van der Waals surface area contributed by atoms with Crippen LogP contribution in [-0.4, -0.2) is 37.0 Å². The van der Waals surface area contributed by atoms with Gasteiger partial charge in [0.05, 0.1) is 11.7 Å². The Hall–Kier alpha value is -0.120. The first kappa shape index (κ1) is 14.3. The predicted octanol–water partition coefficient (Wildman–Crippen LogP) is 2.74. The lowest BCUT2D eigenvalue weighted by molar-refractivity contribution is -0.125. The number of hydrogen-bond donors (Lipinski definition) is 1. The van der Waals surface area contributed by atoms with Gasteiger partial charge in [0.25, 0.3) is 0 Å². The number of rotatable bonds is 4. The third kappa shape index (κ3) is 2.89. The molecule has 2 aliphatic rings. The summed E-state index contributed by atoms with van der Waals surface area (Å²) in [6.07, 6.45) is 3.82. The summed E-state index contributed by atoms with van der Waals surface area (Å²) in [7, 11) is 0. The quantitative estimate of drug-likeness (QED) is 0.838. The Morgan fingerprint density at radius 1 is 1.28 bits per heavy atom. The van der Waals surface area contributed by atoms with Gasteiger partial charge in [0, 0.05) is 30.7 Å². The van der Waals surface area contributed by atoms with E-state index in [-0.39, 0.29) is 11.0 Å². The Labute approximate surface area is 112 Å². The van der Waals surface area contributed by atoms with Gasteiger partial charge in [0.1, 0.15) is 0 Å². The molecule has 0 spiro atoms. The van der Waals surface area contributed by atoms with Crippen molar-refractivity contribution >= 4 is 0 Å². The predicted molar refractivity (Wildman–Crippen MR) is 73.8 cm³/mol. The van der Waals surface area contributed by atoms with E-state index in [4.69, 9.17) is 9.47 Å². The molecule has 1 aliphatic carbocycles. The summed E-state index contributed by atoms with van der Waals surface area (Å²) in [6.45, 7) is 12.8. The van der Waals surface area contributed by atoms with Gasteiger partial charge in [0.2, 0.25) is 0 Å². The van der Waals surface area contributed by atoms with Crippen LogP contribution in [0.15, 0.2) is 0 Å². The molecule has 18 heavy (non-hydrogen) atoms. The number of hydrogen-bond acceptors (Lipinski definition) is 3. The molecular formula is C15H29NO2. The molecule has 2 rings (SSSR count). The molecule has 2 fully saturated rings. The third-order valence-electron chi connectivity index (χ3n) is 4.68. The highest BCUT2D eigenvalue weighted by Crippen LogP contribution is 2.43. The summed E-state index contributed by atoms with van der Waals surface area (Å²) in [4.78, 5) is 0. The molecule has 0 radical (unpaired) electrons. The van der Waals surface area contributed by atoms with Gasteiger partial charge in [-0.15, -0.1) is 0 Å². The molecule has 1 saturated carbocycles.